The molecule has 1 aliphatic rings. The molecule has 0 fully saturated rings. The topological polar surface area (TPSA) is 77.6 Å². The summed E-state index contributed by atoms with van der Waals surface area (Å²) >= 11 is 0. The van der Waals surface area contributed by atoms with Crippen LogP contribution in [-0.2, 0) is 24.3 Å². The minimum Gasteiger partial charge on any atom is -0.353 e. The maximum atomic E-state index is 12.7. The van der Waals surface area contributed by atoms with Crippen molar-refractivity contribution in [2.75, 3.05) is 0 Å². The molecule has 2 aromatic carbocycles. The number of aromatic nitrogens is 5. The normalized spacial score (nSPS) is 16.1. The van der Waals surface area contributed by atoms with Crippen LogP contribution in [0.4, 0.5) is 0 Å². The minimum atomic E-state index is 0.0862. The quantitative estimate of drug-likeness (QED) is 0.542. The van der Waals surface area contributed by atoms with Crippen LogP contribution < -0.4 is 5.32 Å². The van der Waals surface area contributed by atoms with Gasteiger partial charge in [-0.1, -0.05) is 42.5 Å². The fourth-order valence-corrected chi connectivity index (χ4v) is 4.42. The zero-order valence-electron chi connectivity index (χ0n) is 17.7. The van der Waals surface area contributed by atoms with Gasteiger partial charge < -0.3 is 14.5 Å². The van der Waals surface area contributed by atoms with E-state index in [4.69, 9.17) is 0 Å². The Hall–Kier alpha value is -3.48. The smallest absolute Gasteiger partial charge is 0.222 e. The van der Waals surface area contributed by atoms with Crippen molar-refractivity contribution in [1.82, 2.24) is 29.6 Å². The standard InChI is InChI=1S/C24H26N6O/c1-17-25-20-9-5-6-10-21(20)29(17)16-14-23(31)26-19-11-12-22-27-28-24(30(22)15-13-19)18-7-3-2-4-8-18/h2-10,19H,11-16H2,1H3,(H,26,31). The number of rotatable bonds is 5. The van der Waals surface area contributed by atoms with Crippen molar-refractivity contribution in [1.29, 1.82) is 0 Å². The fourth-order valence-electron chi connectivity index (χ4n) is 4.42. The number of carbonyl (C=O) groups excluding carboxylic acids is 1. The van der Waals surface area contributed by atoms with E-state index in [-0.39, 0.29) is 11.9 Å². The summed E-state index contributed by atoms with van der Waals surface area (Å²) in [5, 5.41) is 12.0. The third-order valence-electron chi connectivity index (χ3n) is 6.05. The maximum Gasteiger partial charge on any atom is 0.222 e. The summed E-state index contributed by atoms with van der Waals surface area (Å²) in [5.41, 5.74) is 3.13. The van der Waals surface area contributed by atoms with E-state index in [1.165, 1.54) is 0 Å². The Bertz CT molecular complexity index is 1210. The predicted octanol–water partition coefficient (Wildman–Crippen LogP) is 3.51. The molecule has 0 saturated heterocycles. The van der Waals surface area contributed by atoms with Crippen LogP contribution in [-0.4, -0.2) is 36.3 Å². The van der Waals surface area contributed by atoms with Crippen molar-refractivity contribution in [2.45, 2.75) is 51.7 Å². The largest absolute Gasteiger partial charge is 0.353 e. The summed E-state index contributed by atoms with van der Waals surface area (Å²) in [5.74, 6) is 2.93. The van der Waals surface area contributed by atoms with Gasteiger partial charge in [0.15, 0.2) is 5.82 Å². The minimum absolute atomic E-state index is 0.0862. The van der Waals surface area contributed by atoms with Gasteiger partial charge in [-0.05, 0) is 31.9 Å². The molecular weight excluding hydrogens is 388 g/mol. The molecule has 1 aliphatic heterocycles. The molecule has 2 aromatic heterocycles. The number of imidazole rings is 1. The SMILES string of the molecule is Cc1nc2ccccc2n1CCC(=O)NC1CCc2nnc(-c3ccccc3)n2CC1. The van der Waals surface area contributed by atoms with Crippen molar-refractivity contribution in [3.8, 4) is 11.4 Å². The van der Waals surface area contributed by atoms with Crippen molar-refractivity contribution in [3.63, 3.8) is 0 Å². The molecule has 0 bridgehead atoms. The number of nitrogens with zero attached hydrogens (tertiary/aromatic N) is 5. The molecule has 0 spiro atoms. The van der Waals surface area contributed by atoms with Crippen LogP contribution in [0.25, 0.3) is 22.4 Å². The number of hydrogen-bond acceptors (Lipinski definition) is 4. The molecule has 31 heavy (non-hydrogen) atoms. The highest BCUT2D eigenvalue weighted by Crippen LogP contribution is 2.23. The fraction of sp³-hybridized carbons (Fsp3) is 0.333. The van der Waals surface area contributed by atoms with Crippen LogP contribution >= 0.6 is 0 Å². The molecule has 3 heterocycles. The molecule has 1 atom stereocenters. The van der Waals surface area contributed by atoms with Crippen molar-refractivity contribution in [2.24, 2.45) is 0 Å². The number of benzene rings is 2. The summed E-state index contributed by atoms with van der Waals surface area (Å²) in [4.78, 5) is 17.3. The number of hydrogen-bond donors (Lipinski definition) is 1. The van der Waals surface area contributed by atoms with E-state index in [0.717, 1.165) is 59.9 Å². The lowest BCUT2D eigenvalue weighted by molar-refractivity contribution is -0.122. The summed E-state index contributed by atoms with van der Waals surface area (Å²) < 4.78 is 4.32. The molecule has 7 heteroatoms. The Morgan fingerprint density at radius 3 is 2.74 bits per heavy atom. The number of aryl methyl sites for hydroxylation is 3. The highest BCUT2D eigenvalue weighted by Gasteiger charge is 2.22. The van der Waals surface area contributed by atoms with Crippen molar-refractivity contribution in [3.05, 3.63) is 66.2 Å². The molecule has 7 nitrogen and oxygen atoms in total. The first kappa shape index (κ1) is 19.5. The predicted molar refractivity (Wildman–Crippen MR) is 119 cm³/mol. The number of nitrogens with one attached hydrogen (secondary N) is 1. The number of amides is 1. The zero-order valence-corrected chi connectivity index (χ0v) is 17.7. The van der Waals surface area contributed by atoms with Gasteiger partial charge in [0, 0.05) is 37.5 Å². The van der Waals surface area contributed by atoms with Gasteiger partial charge in [-0.3, -0.25) is 4.79 Å². The monoisotopic (exact) mass is 414 g/mol. The maximum absolute atomic E-state index is 12.7. The Balaban J connectivity index is 1.21. The first-order valence-corrected chi connectivity index (χ1v) is 10.9. The van der Waals surface area contributed by atoms with E-state index in [2.05, 4.69) is 47.8 Å². The molecule has 1 amide bonds. The Morgan fingerprint density at radius 2 is 1.87 bits per heavy atom. The molecule has 5 rings (SSSR count). The number of fused-ring (bicyclic) bond motifs is 2. The summed E-state index contributed by atoms with van der Waals surface area (Å²) in [6, 6.07) is 18.4. The molecular formula is C24H26N6O. The van der Waals surface area contributed by atoms with E-state index in [9.17, 15) is 4.79 Å². The van der Waals surface area contributed by atoms with Crippen LogP contribution in [0, 0.1) is 6.92 Å². The molecule has 0 radical (unpaired) electrons. The van der Waals surface area contributed by atoms with E-state index in [1.54, 1.807) is 0 Å². The van der Waals surface area contributed by atoms with E-state index in [1.807, 2.05) is 43.3 Å². The molecule has 0 saturated carbocycles. The van der Waals surface area contributed by atoms with Gasteiger partial charge >= 0.3 is 0 Å². The number of carbonyl (C=O) groups is 1. The van der Waals surface area contributed by atoms with Gasteiger partial charge in [-0.25, -0.2) is 4.98 Å². The van der Waals surface area contributed by atoms with E-state index in [0.29, 0.717) is 13.0 Å². The zero-order chi connectivity index (χ0) is 21.2. The second kappa shape index (κ2) is 8.34. The molecule has 1 unspecified atom stereocenters. The van der Waals surface area contributed by atoms with Crippen LogP contribution in [0.3, 0.4) is 0 Å². The van der Waals surface area contributed by atoms with Crippen molar-refractivity contribution >= 4 is 16.9 Å². The van der Waals surface area contributed by atoms with Gasteiger partial charge in [0.05, 0.1) is 11.0 Å². The van der Waals surface area contributed by atoms with Crippen LogP contribution in [0.5, 0.6) is 0 Å². The van der Waals surface area contributed by atoms with Gasteiger partial charge in [0.25, 0.3) is 0 Å². The molecule has 158 valence electrons. The highest BCUT2D eigenvalue weighted by atomic mass is 16.1. The second-order valence-electron chi connectivity index (χ2n) is 8.10. The van der Waals surface area contributed by atoms with Gasteiger partial charge in [-0.2, -0.15) is 0 Å². The van der Waals surface area contributed by atoms with Gasteiger partial charge in [0.2, 0.25) is 5.91 Å². The van der Waals surface area contributed by atoms with E-state index >= 15 is 0 Å². The lowest BCUT2D eigenvalue weighted by Gasteiger charge is -2.16. The molecule has 4 aromatic rings. The Morgan fingerprint density at radius 1 is 1.06 bits per heavy atom. The summed E-state index contributed by atoms with van der Waals surface area (Å²) in [6.45, 7) is 3.43. The lowest BCUT2D eigenvalue weighted by Crippen LogP contribution is -2.35. The average molecular weight is 415 g/mol. The average Bonchev–Trinajstić information content (AvgIpc) is 3.28. The number of para-hydroxylation sites is 2. The second-order valence-corrected chi connectivity index (χ2v) is 8.10. The van der Waals surface area contributed by atoms with Gasteiger partial charge in [-0.15, -0.1) is 10.2 Å². The summed E-state index contributed by atoms with van der Waals surface area (Å²) in [7, 11) is 0. The third kappa shape index (κ3) is 3.95. The van der Waals surface area contributed by atoms with Crippen molar-refractivity contribution < 1.29 is 4.79 Å². The van der Waals surface area contributed by atoms with Gasteiger partial charge in [0.1, 0.15) is 11.6 Å². The molecule has 1 N–H and O–H groups in total. The first-order valence-electron chi connectivity index (χ1n) is 10.9. The van der Waals surface area contributed by atoms with Crippen LogP contribution in [0.15, 0.2) is 54.6 Å². The van der Waals surface area contributed by atoms with Crippen LogP contribution in [0.1, 0.15) is 30.9 Å². The Kier molecular flexibility index (Phi) is 5.24. The molecule has 0 aliphatic carbocycles. The first-order chi connectivity index (χ1) is 15.2. The highest BCUT2D eigenvalue weighted by molar-refractivity contribution is 5.78. The third-order valence-corrected chi connectivity index (χ3v) is 6.05. The summed E-state index contributed by atoms with van der Waals surface area (Å²) in [6.07, 6.45) is 3.02. The van der Waals surface area contributed by atoms with E-state index < -0.39 is 0 Å². The van der Waals surface area contributed by atoms with Crippen LogP contribution in [0.2, 0.25) is 0 Å². The Labute approximate surface area is 181 Å². The lowest BCUT2D eigenvalue weighted by atomic mass is 10.1.